The van der Waals surface area contributed by atoms with Gasteiger partial charge in [0.15, 0.2) is 0 Å². The Balaban J connectivity index is 1.66. The zero-order chi connectivity index (χ0) is 13.2. The van der Waals surface area contributed by atoms with E-state index in [4.69, 9.17) is 0 Å². The minimum Gasteiger partial charge on any atom is -0.396 e. The highest BCUT2D eigenvalue weighted by Gasteiger charge is 2.28. The van der Waals surface area contributed by atoms with Crippen molar-refractivity contribution in [1.82, 2.24) is 5.32 Å². The van der Waals surface area contributed by atoms with Crippen molar-refractivity contribution in [2.24, 2.45) is 5.92 Å². The standard InChI is InChI=1S/C16H25NOS/c1-11(17-14-7-4-6-13(14)10-18)16-9-12-5-2-3-8-15(12)19-16/h9,11,13-14,17-18H,2-8,10H2,1H3. The number of rotatable bonds is 4. The van der Waals surface area contributed by atoms with Gasteiger partial charge in [-0.05, 0) is 63.0 Å². The minimum absolute atomic E-state index is 0.339. The maximum atomic E-state index is 9.42. The lowest BCUT2D eigenvalue weighted by molar-refractivity contribution is 0.201. The second-order valence-corrected chi connectivity index (χ2v) is 7.34. The van der Waals surface area contributed by atoms with Crippen molar-refractivity contribution in [3.8, 4) is 0 Å². The highest BCUT2D eigenvalue weighted by Crippen LogP contribution is 2.34. The van der Waals surface area contributed by atoms with Crippen molar-refractivity contribution < 1.29 is 5.11 Å². The number of fused-ring (bicyclic) bond motifs is 1. The molecule has 0 aliphatic heterocycles. The van der Waals surface area contributed by atoms with Crippen LogP contribution in [0.2, 0.25) is 0 Å². The summed E-state index contributed by atoms with van der Waals surface area (Å²) in [5.74, 6) is 0.469. The fourth-order valence-corrected chi connectivity index (χ4v) is 4.87. The van der Waals surface area contributed by atoms with E-state index in [-0.39, 0.29) is 0 Å². The normalized spacial score (nSPS) is 28.3. The number of aliphatic hydroxyl groups excluding tert-OH is 1. The van der Waals surface area contributed by atoms with Gasteiger partial charge < -0.3 is 10.4 Å². The highest BCUT2D eigenvalue weighted by molar-refractivity contribution is 7.12. The molecule has 2 aliphatic carbocycles. The largest absolute Gasteiger partial charge is 0.396 e. The molecule has 1 heterocycles. The molecule has 1 aromatic heterocycles. The van der Waals surface area contributed by atoms with E-state index in [2.05, 4.69) is 18.3 Å². The summed E-state index contributed by atoms with van der Waals surface area (Å²) in [7, 11) is 0. The third-order valence-electron chi connectivity index (χ3n) is 4.80. The fraction of sp³-hybridized carbons (Fsp3) is 0.750. The monoisotopic (exact) mass is 279 g/mol. The van der Waals surface area contributed by atoms with Crippen LogP contribution in [-0.2, 0) is 12.8 Å². The first kappa shape index (κ1) is 13.6. The number of aliphatic hydroxyl groups is 1. The molecule has 2 aliphatic rings. The van der Waals surface area contributed by atoms with Gasteiger partial charge in [-0.3, -0.25) is 0 Å². The summed E-state index contributed by atoms with van der Waals surface area (Å²) in [5.41, 5.74) is 1.60. The lowest BCUT2D eigenvalue weighted by Gasteiger charge is -2.23. The van der Waals surface area contributed by atoms with E-state index in [1.165, 1.54) is 49.8 Å². The van der Waals surface area contributed by atoms with E-state index in [1.54, 1.807) is 10.4 Å². The first-order valence-corrected chi connectivity index (χ1v) is 8.58. The fourth-order valence-electron chi connectivity index (χ4n) is 3.61. The van der Waals surface area contributed by atoms with Crippen molar-refractivity contribution in [3.05, 3.63) is 21.4 Å². The van der Waals surface area contributed by atoms with E-state index >= 15 is 0 Å². The smallest absolute Gasteiger partial charge is 0.0474 e. The average molecular weight is 279 g/mol. The Morgan fingerprint density at radius 2 is 2.16 bits per heavy atom. The van der Waals surface area contributed by atoms with E-state index in [0.29, 0.717) is 24.6 Å². The van der Waals surface area contributed by atoms with E-state index in [1.807, 2.05) is 11.3 Å². The SMILES string of the molecule is CC(NC1CCCC1CO)c1cc2c(s1)CCCC2. The van der Waals surface area contributed by atoms with Crippen LogP contribution in [0.1, 0.15) is 60.4 Å². The summed E-state index contributed by atoms with van der Waals surface area (Å²) in [6, 6.07) is 3.38. The molecule has 0 bridgehead atoms. The van der Waals surface area contributed by atoms with Crippen LogP contribution in [0.3, 0.4) is 0 Å². The maximum absolute atomic E-state index is 9.42. The minimum atomic E-state index is 0.339. The van der Waals surface area contributed by atoms with Crippen molar-refractivity contribution in [2.45, 2.75) is 64.0 Å². The van der Waals surface area contributed by atoms with E-state index < -0.39 is 0 Å². The predicted octanol–water partition coefficient (Wildman–Crippen LogP) is 3.44. The lowest BCUT2D eigenvalue weighted by Crippen LogP contribution is -2.35. The molecule has 0 saturated heterocycles. The van der Waals surface area contributed by atoms with E-state index in [0.717, 1.165) is 0 Å². The van der Waals surface area contributed by atoms with Crippen LogP contribution >= 0.6 is 11.3 Å². The molecule has 1 saturated carbocycles. The molecule has 1 aromatic rings. The maximum Gasteiger partial charge on any atom is 0.0474 e. The first-order chi connectivity index (χ1) is 9.28. The van der Waals surface area contributed by atoms with Gasteiger partial charge in [0.1, 0.15) is 0 Å². The summed E-state index contributed by atoms with van der Waals surface area (Å²) >= 11 is 2.01. The van der Waals surface area contributed by atoms with Gasteiger partial charge in [-0.15, -0.1) is 11.3 Å². The summed E-state index contributed by atoms with van der Waals surface area (Å²) < 4.78 is 0. The number of aryl methyl sites for hydroxylation is 2. The third-order valence-corrected chi connectivity index (χ3v) is 6.22. The van der Waals surface area contributed by atoms with Gasteiger partial charge in [-0.2, -0.15) is 0 Å². The Morgan fingerprint density at radius 1 is 1.32 bits per heavy atom. The van der Waals surface area contributed by atoms with Crippen LogP contribution in [0.4, 0.5) is 0 Å². The van der Waals surface area contributed by atoms with Gasteiger partial charge in [0.05, 0.1) is 0 Å². The Morgan fingerprint density at radius 3 is 2.95 bits per heavy atom. The van der Waals surface area contributed by atoms with E-state index in [9.17, 15) is 5.11 Å². The second-order valence-electron chi connectivity index (χ2n) is 6.17. The molecule has 1 fully saturated rings. The number of hydrogen-bond acceptors (Lipinski definition) is 3. The molecule has 0 spiro atoms. The summed E-state index contributed by atoms with van der Waals surface area (Å²) in [4.78, 5) is 3.12. The number of thiophene rings is 1. The van der Waals surface area contributed by atoms with Crippen molar-refractivity contribution in [2.75, 3.05) is 6.61 Å². The summed E-state index contributed by atoms with van der Waals surface area (Å²) in [6.07, 6.45) is 8.96. The summed E-state index contributed by atoms with van der Waals surface area (Å²) in [6.45, 7) is 2.62. The molecule has 106 valence electrons. The molecular weight excluding hydrogens is 254 g/mol. The van der Waals surface area contributed by atoms with Crippen LogP contribution in [-0.4, -0.2) is 17.8 Å². The molecule has 3 atom stereocenters. The Labute approximate surface area is 120 Å². The molecule has 2 N–H and O–H groups in total. The molecule has 2 nitrogen and oxygen atoms in total. The molecule has 3 rings (SSSR count). The molecule has 3 heteroatoms. The molecule has 0 aromatic carbocycles. The molecule has 19 heavy (non-hydrogen) atoms. The topological polar surface area (TPSA) is 32.3 Å². The van der Waals surface area contributed by atoms with Gasteiger partial charge >= 0.3 is 0 Å². The van der Waals surface area contributed by atoms with Crippen molar-refractivity contribution in [3.63, 3.8) is 0 Å². The van der Waals surface area contributed by atoms with Crippen LogP contribution in [0.25, 0.3) is 0 Å². The first-order valence-electron chi connectivity index (χ1n) is 7.76. The Bertz CT molecular complexity index is 405. The third kappa shape index (κ3) is 2.88. The molecule has 0 amide bonds. The van der Waals surface area contributed by atoms with Gasteiger partial charge in [0.2, 0.25) is 0 Å². The van der Waals surface area contributed by atoms with Gasteiger partial charge in [0.25, 0.3) is 0 Å². The van der Waals surface area contributed by atoms with Gasteiger partial charge in [-0.25, -0.2) is 0 Å². The van der Waals surface area contributed by atoms with Crippen LogP contribution in [0.5, 0.6) is 0 Å². The van der Waals surface area contributed by atoms with Gasteiger partial charge in [-0.1, -0.05) is 6.42 Å². The van der Waals surface area contributed by atoms with Crippen LogP contribution in [0.15, 0.2) is 6.07 Å². The molecule has 3 unspecified atom stereocenters. The zero-order valence-corrected chi connectivity index (χ0v) is 12.6. The Kier molecular flexibility index (Phi) is 4.25. The number of nitrogens with one attached hydrogen (secondary N) is 1. The zero-order valence-electron chi connectivity index (χ0n) is 11.8. The predicted molar refractivity (Wildman–Crippen MR) is 80.7 cm³/mol. The number of hydrogen-bond donors (Lipinski definition) is 2. The summed E-state index contributed by atoms with van der Waals surface area (Å²) in [5, 5.41) is 13.2. The van der Waals surface area contributed by atoms with Crippen LogP contribution < -0.4 is 5.32 Å². The molecule has 0 radical (unpaired) electrons. The average Bonchev–Trinajstić information content (AvgIpc) is 3.03. The lowest BCUT2D eigenvalue weighted by atomic mass is 9.98. The van der Waals surface area contributed by atoms with Crippen molar-refractivity contribution >= 4 is 11.3 Å². The molecular formula is C16H25NOS. The van der Waals surface area contributed by atoms with Gasteiger partial charge in [0, 0.05) is 28.4 Å². The second kappa shape index (κ2) is 5.94. The van der Waals surface area contributed by atoms with Crippen molar-refractivity contribution in [1.29, 1.82) is 0 Å². The Hall–Kier alpha value is -0.380. The highest BCUT2D eigenvalue weighted by atomic mass is 32.1. The quantitative estimate of drug-likeness (QED) is 0.885. The van der Waals surface area contributed by atoms with Crippen LogP contribution in [0, 0.1) is 5.92 Å².